The van der Waals surface area contributed by atoms with Gasteiger partial charge in [-0.1, -0.05) is 18.2 Å². The van der Waals surface area contributed by atoms with Gasteiger partial charge in [0.2, 0.25) is 0 Å². The molecule has 0 saturated heterocycles. The molecule has 1 aliphatic rings. The SMILES string of the molecule is COC(=O)[C@H]1C(=O)C[C@@](C)(O)[C@H](C(=O)OC)[C@H]1c1ccccc1F. The van der Waals surface area contributed by atoms with E-state index in [9.17, 15) is 23.9 Å². The maximum absolute atomic E-state index is 14.3. The van der Waals surface area contributed by atoms with Gasteiger partial charge in [-0.2, -0.15) is 0 Å². The van der Waals surface area contributed by atoms with Crippen molar-refractivity contribution in [1.82, 2.24) is 0 Å². The van der Waals surface area contributed by atoms with Crippen LogP contribution < -0.4 is 0 Å². The Labute approximate surface area is 138 Å². The molecule has 0 aromatic heterocycles. The Balaban J connectivity index is 2.68. The highest BCUT2D eigenvalue weighted by molar-refractivity contribution is 6.02. The van der Waals surface area contributed by atoms with Crippen LogP contribution in [0.2, 0.25) is 0 Å². The molecule has 2 rings (SSSR count). The van der Waals surface area contributed by atoms with Crippen molar-refractivity contribution in [2.45, 2.75) is 24.9 Å². The van der Waals surface area contributed by atoms with E-state index in [1.165, 1.54) is 25.1 Å². The van der Waals surface area contributed by atoms with Gasteiger partial charge in [0, 0.05) is 12.3 Å². The van der Waals surface area contributed by atoms with Crippen LogP contribution in [-0.4, -0.2) is 42.6 Å². The molecule has 1 N–H and O–H groups in total. The van der Waals surface area contributed by atoms with Crippen LogP contribution in [0, 0.1) is 17.7 Å². The van der Waals surface area contributed by atoms with Crippen LogP contribution in [0.15, 0.2) is 24.3 Å². The first-order chi connectivity index (χ1) is 11.2. The Hall–Kier alpha value is -2.28. The van der Waals surface area contributed by atoms with Crippen LogP contribution in [0.5, 0.6) is 0 Å². The molecule has 24 heavy (non-hydrogen) atoms. The molecular formula is C17H19FO6. The predicted octanol–water partition coefficient (Wildman–Crippen LogP) is 1.21. The fraction of sp³-hybridized carbons (Fsp3) is 0.471. The summed E-state index contributed by atoms with van der Waals surface area (Å²) in [5.74, 6) is -6.90. The van der Waals surface area contributed by atoms with Crippen LogP contribution >= 0.6 is 0 Å². The van der Waals surface area contributed by atoms with Crippen molar-refractivity contribution in [3.05, 3.63) is 35.6 Å². The molecule has 6 nitrogen and oxygen atoms in total. The molecule has 1 aliphatic carbocycles. The second-order valence-electron chi connectivity index (χ2n) is 6.05. The standard InChI is InChI=1S/C17H19FO6/c1-17(22)8-11(19)13(15(20)23-2)12(14(17)16(21)24-3)9-6-4-5-7-10(9)18/h4-7,12-14,22H,8H2,1-3H3/t12-,13-,14-,17+/m0/s1. The lowest BCUT2D eigenvalue weighted by Gasteiger charge is -2.43. The smallest absolute Gasteiger partial charge is 0.316 e. The monoisotopic (exact) mass is 338 g/mol. The molecule has 0 unspecified atom stereocenters. The maximum Gasteiger partial charge on any atom is 0.316 e. The van der Waals surface area contributed by atoms with E-state index >= 15 is 0 Å². The summed E-state index contributed by atoms with van der Waals surface area (Å²) < 4.78 is 23.7. The second-order valence-corrected chi connectivity index (χ2v) is 6.05. The molecule has 0 spiro atoms. The topological polar surface area (TPSA) is 89.9 Å². The van der Waals surface area contributed by atoms with E-state index in [1.54, 1.807) is 0 Å². The molecule has 1 fully saturated rings. The van der Waals surface area contributed by atoms with Crippen molar-refractivity contribution < 1.29 is 33.4 Å². The molecule has 7 heteroatoms. The summed E-state index contributed by atoms with van der Waals surface area (Å²) in [7, 11) is 2.23. The number of Topliss-reactive ketones (excluding diaryl/α,β-unsaturated/α-hetero) is 1. The number of hydrogen-bond acceptors (Lipinski definition) is 6. The van der Waals surface area contributed by atoms with Gasteiger partial charge in [0.1, 0.15) is 11.7 Å². The quantitative estimate of drug-likeness (QED) is 0.658. The van der Waals surface area contributed by atoms with Crippen molar-refractivity contribution in [1.29, 1.82) is 0 Å². The summed E-state index contributed by atoms with van der Waals surface area (Å²) in [5.41, 5.74) is -1.79. The van der Waals surface area contributed by atoms with Gasteiger partial charge in [0.25, 0.3) is 0 Å². The molecular weight excluding hydrogens is 319 g/mol. The highest BCUT2D eigenvalue weighted by Gasteiger charge is 2.57. The maximum atomic E-state index is 14.3. The average molecular weight is 338 g/mol. The van der Waals surface area contributed by atoms with Crippen molar-refractivity contribution in [2.75, 3.05) is 14.2 Å². The molecule has 1 saturated carbocycles. The van der Waals surface area contributed by atoms with Crippen LogP contribution in [0.1, 0.15) is 24.8 Å². The van der Waals surface area contributed by atoms with E-state index in [-0.39, 0.29) is 5.56 Å². The third-order valence-electron chi connectivity index (χ3n) is 4.44. The van der Waals surface area contributed by atoms with Gasteiger partial charge in [0.05, 0.1) is 25.7 Å². The Morgan fingerprint density at radius 2 is 1.79 bits per heavy atom. The highest BCUT2D eigenvalue weighted by atomic mass is 19.1. The number of rotatable bonds is 3. The van der Waals surface area contributed by atoms with Gasteiger partial charge in [-0.25, -0.2) is 4.39 Å². The van der Waals surface area contributed by atoms with Crippen molar-refractivity contribution >= 4 is 17.7 Å². The van der Waals surface area contributed by atoms with Gasteiger partial charge in [-0.05, 0) is 18.6 Å². The van der Waals surface area contributed by atoms with Crippen molar-refractivity contribution in [2.24, 2.45) is 11.8 Å². The zero-order valence-electron chi connectivity index (χ0n) is 13.6. The Kier molecular flexibility index (Phi) is 5.03. The first-order valence-corrected chi connectivity index (χ1v) is 7.39. The van der Waals surface area contributed by atoms with Crippen LogP contribution in [0.4, 0.5) is 4.39 Å². The third kappa shape index (κ3) is 3.03. The molecule has 0 heterocycles. The molecule has 0 aliphatic heterocycles. The van der Waals surface area contributed by atoms with E-state index in [1.807, 2.05) is 0 Å². The van der Waals surface area contributed by atoms with Crippen molar-refractivity contribution in [3.8, 4) is 0 Å². The van der Waals surface area contributed by atoms with Gasteiger partial charge in [-0.15, -0.1) is 0 Å². The molecule has 1 aromatic rings. The van der Waals surface area contributed by atoms with Crippen LogP contribution in [-0.2, 0) is 23.9 Å². The number of ether oxygens (including phenoxy) is 2. The number of halogens is 1. The van der Waals surface area contributed by atoms with Gasteiger partial charge in [-0.3, -0.25) is 14.4 Å². The molecule has 130 valence electrons. The first kappa shape index (κ1) is 18.1. The Morgan fingerprint density at radius 3 is 2.33 bits per heavy atom. The molecule has 1 aromatic carbocycles. The summed E-state index contributed by atoms with van der Waals surface area (Å²) >= 11 is 0. The Morgan fingerprint density at radius 1 is 1.21 bits per heavy atom. The lowest BCUT2D eigenvalue weighted by atomic mass is 9.61. The largest absolute Gasteiger partial charge is 0.469 e. The minimum atomic E-state index is -1.78. The molecule has 0 amide bonds. The number of aliphatic hydroxyl groups is 1. The second kappa shape index (κ2) is 6.68. The van der Waals surface area contributed by atoms with Gasteiger partial charge >= 0.3 is 11.9 Å². The van der Waals surface area contributed by atoms with E-state index in [0.717, 1.165) is 20.3 Å². The van der Waals surface area contributed by atoms with Gasteiger partial charge < -0.3 is 14.6 Å². The number of methoxy groups -OCH3 is 2. The lowest BCUT2D eigenvalue weighted by Crippen LogP contribution is -2.55. The predicted molar refractivity (Wildman–Crippen MR) is 80.4 cm³/mol. The number of carbonyl (C=O) groups is 3. The molecule has 4 atom stereocenters. The number of esters is 2. The summed E-state index contributed by atoms with van der Waals surface area (Å²) in [4.78, 5) is 36.8. The zero-order chi connectivity index (χ0) is 18.1. The first-order valence-electron chi connectivity index (χ1n) is 7.39. The van der Waals surface area contributed by atoms with Crippen molar-refractivity contribution in [3.63, 3.8) is 0 Å². The van der Waals surface area contributed by atoms with E-state index in [0.29, 0.717) is 0 Å². The van der Waals surface area contributed by atoms with Crippen LogP contribution in [0.3, 0.4) is 0 Å². The lowest BCUT2D eigenvalue weighted by molar-refractivity contribution is -0.170. The number of benzene rings is 1. The number of hydrogen-bond donors (Lipinski definition) is 1. The summed E-state index contributed by atoms with van der Waals surface area (Å²) in [6.45, 7) is 1.30. The number of ketones is 1. The summed E-state index contributed by atoms with van der Waals surface area (Å²) in [6.07, 6.45) is -0.433. The fourth-order valence-electron chi connectivity index (χ4n) is 3.39. The van der Waals surface area contributed by atoms with Crippen LogP contribution in [0.25, 0.3) is 0 Å². The molecule has 0 radical (unpaired) electrons. The van der Waals surface area contributed by atoms with E-state index < -0.39 is 53.3 Å². The number of carbonyl (C=O) groups excluding carboxylic acids is 3. The minimum absolute atomic E-state index is 0.0170. The van der Waals surface area contributed by atoms with Gasteiger partial charge in [0.15, 0.2) is 5.78 Å². The fourth-order valence-corrected chi connectivity index (χ4v) is 3.39. The molecule has 0 bridgehead atoms. The van der Waals surface area contributed by atoms with E-state index in [4.69, 9.17) is 4.74 Å². The normalized spacial score (nSPS) is 29.9. The zero-order valence-corrected chi connectivity index (χ0v) is 13.6. The third-order valence-corrected chi connectivity index (χ3v) is 4.44. The average Bonchev–Trinajstić information content (AvgIpc) is 2.52. The highest BCUT2D eigenvalue weighted by Crippen LogP contribution is 2.47. The van der Waals surface area contributed by atoms with E-state index in [2.05, 4.69) is 4.74 Å². The minimum Gasteiger partial charge on any atom is -0.469 e. The Bertz CT molecular complexity index is 669. The summed E-state index contributed by atoms with van der Waals surface area (Å²) in [5, 5.41) is 10.6. The summed E-state index contributed by atoms with van der Waals surface area (Å²) in [6, 6.07) is 5.50.